The normalized spacial score (nSPS) is 23.1. The third-order valence-electron chi connectivity index (χ3n) is 7.77. The minimum atomic E-state index is -3.88. The fourth-order valence-corrected chi connectivity index (χ4v) is 7.86. The number of halogens is 1. The monoisotopic (exact) mass is 580 g/mol. The fourth-order valence-electron chi connectivity index (χ4n) is 5.70. The molecule has 3 aromatic carbocycles. The third-order valence-corrected chi connectivity index (χ3v) is 10.0. The zero-order chi connectivity index (χ0) is 29.1. The zero-order valence-electron chi connectivity index (χ0n) is 22.6. The van der Waals surface area contributed by atoms with Crippen molar-refractivity contribution in [3.8, 4) is 0 Å². The van der Waals surface area contributed by atoms with Crippen molar-refractivity contribution in [1.29, 1.82) is 0 Å². The number of hydrogen-bond donors (Lipinski definition) is 2. The summed E-state index contributed by atoms with van der Waals surface area (Å²) in [5.74, 6) is -1.13. The number of fused-ring (bicyclic) bond motifs is 1. The molecule has 3 aromatic rings. The first-order chi connectivity index (χ1) is 19.6. The lowest BCUT2D eigenvalue weighted by Crippen LogP contribution is -2.50. The lowest BCUT2D eigenvalue weighted by atomic mass is 9.92. The third kappa shape index (κ3) is 6.44. The number of cyclic esters (lactones) is 1. The van der Waals surface area contributed by atoms with Crippen LogP contribution < -0.4 is 10.2 Å². The van der Waals surface area contributed by atoms with Crippen LogP contribution in [0.25, 0.3) is 0 Å². The quantitative estimate of drug-likeness (QED) is 0.389. The van der Waals surface area contributed by atoms with E-state index >= 15 is 0 Å². The number of nitrogens with one attached hydrogen (secondary N) is 1. The molecule has 10 heteroatoms. The van der Waals surface area contributed by atoms with E-state index in [0.29, 0.717) is 17.7 Å². The summed E-state index contributed by atoms with van der Waals surface area (Å²) < 4.78 is 46.6. The van der Waals surface area contributed by atoms with Gasteiger partial charge in [-0.2, -0.15) is 0 Å². The number of ether oxygens (including phenoxy) is 1. The van der Waals surface area contributed by atoms with Crippen LogP contribution in [0, 0.1) is 11.7 Å². The maximum atomic E-state index is 13.9. The maximum absolute atomic E-state index is 13.9. The molecular formula is C31H33FN2O6S. The number of hydrogen-bond acceptors (Lipinski definition) is 6. The molecule has 0 aromatic heterocycles. The molecule has 1 saturated heterocycles. The highest BCUT2D eigenvalue weighted by atomic mass is 32.2. The van der Waals surface area contributed by atoms with Crippen LogP contribution in [0.15, 0.2) is 83.8 Å². The molecule has 5 atom stereocenters. The molecule has 41 heavy (non-hydrogen) atoms. The van der Waals surface area contributed by atoms with Crippen molar-refractivity contribution < 1.29 is 32.2 Å². The molecule has 2 aliphatic rings. The Kier molecular flexibility index (Phi) is 8.42. The van der Waals surface area contributed by atoms with Gasteiger partial charge in [-0.3, -0.25) is 9.69 Å². The van der Waals surface area contributed by atoms with Crippen molar-refractivity contribution >= 4 is 27.5 Å². The van der Waals surface area contributed by atoms with E-state index in [1.54, 1.807) is 24.3 Å². The van der Waals surface area contributed by atoms with Gasteiger partial charge in [-0.1, -0.05) is 55.5 Å². The zero-order valence-corrected chi connectivity index (χ0v) is 23.5. The van der Waals surface area contributed by atoms with Crippen LogP contribution in [0.5, 0.6) is 0 Å². The average Bonchev–Trinajstić information content (AvgIpc) is 3.31. The number of sulfone groups is 1. The largest absolute Gasteiger partial charge is 0.434 e. The number of anilines is 1. The van der Waals surface area contributed by atoms with Crippen molar-refractivity contribution in [3.63, 3.8) is 0 Å². The Morgan fingerprint density at radius 1 is 1.10 bits per heavy atom. The van der Waals surface area contributed by atoms with Gasteiger partial charge >= 0.3 is 6.09 Å². The lowest BCUT2D eigenvalue weighted by Gasteiger charge is -2.28. The van der Waals surface area contributed by atoms with Gasteiger partial charge in [-0.05, 0) is 73.1 Å². The topological polar surface area (TPSA) is 113 Å². The van der Waals surface area contributed by atoms with Gasteiger partial charge in [0.1, 0.15) is 5.82 Å². The second-order valence-electron chi connectivity index (χ2n) is 10.9. The molecule has 0 bridgehead atoms. The number of amides is 2. The molecule has 2 aliphatic heterocycles. The summed E-state index contributed by atoms with van der Waals surface area (Å²) in [6, 6.07) is 20.9. The fraction of sp³-hybridized carbons (Fsp3) is 0.355. The predicted molar refractivity (Wildman–Crippen MR) is 152 cm³/mol. The molecule has 1 fully saturated rings. The Balaban J connectivity index is 1.35. The predicted octanol–water partition coefficient (Wildman–Crippen LogP) is 4.05. The Morgan fingerprint density at radius 2 is 1.78 bits per heavy atom. The number of para-hydroxylation sites is 1. The van der Waals surface area contributed by atoms with E-state index in [0.717, 1.165) is 11.6 Å². The molecule has 0 spiro atoms. The summed E-state index contributed by atoms with van der Waals surface area (Å²) in [6.45, 7) is 1.91. The first kappa shape index (κ1) is 28.8. The van der Waals surface area contributed by atoms with Crippen LogP contribution in [0.4, 0.5) is 14.9 Å². The summed E-state index contributed by atoms with van der Waals surface area (Å²) in [6.07, 6.45) is -2.16. The van der Waals surface area contributed by atoms with Gasteiger partial charge in [0.2, 0.25) is 0 Å². The van der Waals surface area contributed by atoms with Gasteiger partial charge in [0.05, 0.1) is 28.8 Å². The smallest absolute Gasteiger partial charge is 0.415 e. The Morgan fingerprint density at radius 3 is 2.49 bits per heavy atom. The van der Waals surface area contributed by atoms with Crippen LogP contribution in [0.3, 0.4) is 0 Å². The number of carbonyl (C=O) groups is 2. The van der Waals surface area contributed by atoms with Crippen molar-refractivity contribution in [2.75, 3.05) is 11.4 Å². The van der Waals surface area contributed by atoms with Crippen molar-refractivity contribution in [1.82, 2.24) is 5.32 Å². The molecular weight excluding hydrogens is 547 g/mol. The molecule has 2 N–H and O–H groups in total. The number of aliphatic hydroxyl groups is 1. The van der Waals surface area contributed by atoms with Gasteiger partial charge in [-0.15, -0.1) is 0 Å². The lowest BCUT2D eigenvalue weighted by molar-refractivity contribution is -0.129. The van der Waals surface area contributed by atoms with E-state index < -0.39 is 51.2 Å². The van der Waals surface area contributed by atoms with E-state index in [1.165, 1.54) is 17.0 Å². The van der Waals surface area contributed by atoms with Crippen LogP contribution >= 0.6 is 0 Å². The van der Waals surface area contributed by atoms with Crippen LogP contribution in [0.1, 0.15) is 30.9 Å². The summed E-state index contributed by atoms with van der Waals surface area (Å²) in [5.41, 5.74) is 1.88. The standard InChI is InChI=1S/C31H33FN2O6S/c1-20-14-22-17-23(32)12-13-29(22)41(38,39)25(15-20)18-27(35)26(16-21-8-4-2-5-9-21)33-30(36)28-19-34(31(37)40-28)24-10-6-3-7-11-24/h2-13,17,20,25-28,35H,14-16,18-19H2,1H3,(H,33,36)/t20-,25?,26-,27+,28?/m0/s1. The van der Waals surface area contributed by atoms with E-state index in [9.17, 15) is 27.5 Å². The van der Waals surface area contributed by atoms with E-state index in [4.69, 9.17) is 4.74 Å². The van der Waals surface area contributed by atoms with Gasteiger partial charge in [-0.25, -0.2) is 17.6 Å². The second-order valence-corrected chi connectivity index (χ2v) is 13.1. The van der Waals surface area contributed by atoms with E-state index in [-0.39, 0.29) is 36.6 Å². The number of carbonyl (C=O) groups excluding carboxylic acids is 2. The summed E-state index contributed by atoms with van der Waals surface area (Å²) in [5, 5.41) is 13.4. The average molecular weight is 581 g/mol. The van der Waals surface area contributed by atoms with Gasteiger partial charge in [0, 0.05) is 5.69 Å². The first-order valence-corrected chi connectivity index (χ1v) is 15.2. The van der Waals surface area contributed by atoms with Crippen LogP contribution in [-0.4, -0.2) is 55.6 Å². The van der Waals surface area contributed by atoms with Crippen molar-refractivity contribution in [2.45, 2.75) is 61.0 Å². The Labute approximate surface area is 239 Å². The van der Waals surface area contributed by atoms with E-state index in [1.807, 2.05) is 43.3 Å². The number of nitrogens with zero attached hydrogens (tertiary/aromatic N) is 1. The molecule has 2 unspecified atom stereocenters. The Hall–Kier alpha value is -3.76. The molecule has 216 valence electrons. The molecule has 2 heterocycles. The van der Waals surface area contributed by atoms with Gasteiger partial charge in [0.25, 0.3) is 5.91 Å². The van der Waals surface area contributed by atoms with Crippen molar-refractivity contribution in [3.05, 3.63) is 95.8 Å². The van der Waals surface area contributed by atoms with Crippen LogP contribution in [-0.2, 0) is 32.2 Å². The number of rotatable bonds is 8. The molecule has 5 rings (SSSR count). The maximum Gasteiger partial charge on any atom is 0.415 e. The van der Waals surface area contributed by atoms with Gasteiger partial charge < -0.3 is 15.2 Å². The van der Waals surface area contributed by atoms with Crippen LogP contribution in [0.2, 0.25) is 0 Å². The highest BCUT2D eigenvalue weighted by molar-refractivity contribution is 7.92. The minimum absolute atomic E-state index is 0.00466. The number of benzene rings is 3. The second kappa shape index (κ2) is 12.0. The minimum Gasteiger partial charge on any atom is -0.434 e. The van der Waals surface area contributed by atoms with Gasteiger partial charge in [0.15, 0.2) is 15.9 Å². The van der Waals surface area contributed by atoms with E-state index in [2.05, 4.69) is 5.32 Å². The Bertz CT molecular complexity index is 1500. The number of aliphatic hydroxyl groups excluding tert-OH is 1. The highest BCUT2D eigenvalue weighted by Crippen LogP contribution is 2.34. The summed E-state index contributed by atoms with van der Waals surface area (Å²) in [4.78, 5) is 27.3. The summed E-state index contributed by atoms with van der Waals surface area (Å²) in [7, 11) is -3.88. The van der Waals surface area contributed by atoms with Crippen molar-refractivity contribution in [2.24, 2.45) is 5.92 Å². The highest BCUT2D eigenvalue weighted by Gasteiger charge is 2.40. The molecule has 0 radical (unpaired) electrons. The SMILES string of the molecule is C[C@H]1Cc2cc(F)ccc2S(=O)(=O)C(C[C@@H](O)[C@H](Cc2ccccc2)NC(=O)C2CN(c3ccccc3)C(=O)O2)C1. The molecule has 2 amide bonds. The molecule has 0 aliphatic carbocycles. The summed E-state index contributed by atoms with van der Waals surface area (Å²) >= 11 is 0. The first-order valence-electron chi connectivity index (χ1n) is 13.7. The molecule has 8 nitrogen and oxygen atoms in total. The molecule has 0 saturated carbocycles.